The van der Waals surface area contributed by atoms with Crippen LogP contribution in [0.15, 0.2) is 48.8 Å². The van der Waals surface area contributed by atoms with E-state index < -0.39 is 0 Å². The molecule has 1 aromatic heterocycles. The van der Waals surface area contributed by atoms with E-state index >= 15 is 0 Å². The minimum absolute atomic E-state index is 0.539. The number of hydrogen-bond acceptors (Lipinski definition) is 2. The van der Waals surface area contributed by atoms with E-state index in [1.54, 1.807) is 12.4 Å². The Morgan fingerprint density at radius 2 is 1.65 bits per heavy atom. The molecule has 0 unspecified atom stereocenters. The number of pyridine rings is 1. The van der Waals surface area contributed by atoms with Crippen molar-refractivity contribution in [1.29, 1.82) is 0 Å². The van der Waals surface area contributed by atoms with Gasteiger partial charge in [0.15, 0.2) is 0 Å². The van der Waals surface area contributed by atoms with Gasteiger partial charge < -0.3 is 4.74 Å². The maximum Gasteiger partial charge on any atom is 0.119 e. The fraction of sp³-hybridized carbons (Fsp3) is 0.214. The number of ether oxygens (including phenoxy) is 1. The summed E-state index contributed by atoms with van der Waals surface area (Å²) in [4.78, 5) is 3.98. The summed E-state index contributed by atoms with van der Waals surface area (Å²) in [6, 6.07) is 11.9. The van der Waals surface area contributed by atoms with E-state index in [1.165, 1.54) is 5.56 Å². The van der Waals surface area contributed by atoms with Gasteiger partial charge in [-0.1, -0.05) is 12.1 Å². The Balaban J connectivity index is 1.82. The molecule has 3 heteroatoms. The van der Waals surface area contributed by atoms with Gasteiger partial charge in [0.1, 0.15) is 5.75 Å². The van der Waals surface area contributed by atoms with Crippen molar-refractivity contribution in [2.45, 2.75) is 12.3 Å². The average molecular weight is 248 g/mol. The Bertz CT molecular complexity index is 442. The highest BCUT2D eigenvalue weighted by molar-refractivity contribution is 6.17. The second-order valence-corrected chi connectivity index (χ2v) is 4.00. The molecule has 0 saturated carbocycles. The molecule has 0 aliphatic rings. The lowest BCUT2D eigenvalue weighted by Gasteiger charge is -2.06. The van der Waals surface area contributed by atoms with E-state index in [4.69, 9.17) is 16.3 Å². The van der Waals surface area contributed by atoms with Gasteiger partial charge >= 0.3 is 0 Å². The molecule has 2 nitrogen and oxygen atoms in total. The van der Waals surface area contributed by atoms with Gasteiger partial charge in [-0.05, 0) is 35.4 Å². The van der Waals surface area contributed by atoms with Crippen molar-refractivity contribution in [2.75, 3.05) is 6.61 Å². The van der Waals surface area contributed by atoms with Gasteiger partial charge in [0.2, 0.25) is 0 Å². The van der Waals surface area contributed by atoms with Crippen molar-refractivity contribution < 1.29 is 4.74 Å². The zero-order valence-corrected chi connectivity index (χ0v) is 10.2. The number of aromatic nitrogens is 1. The summed E-state index contributed by atoms with van der Waals surface area (Å²) >= 11 is 5.72. The number of halogens is 1. The standard InChI is InChI=1S/C14H14ClNO/c15-11-13-1-3-14(4-2-13)17-10-7-12-5-8-16-9-6-12/h1-6,8-9H,7,10-11H2. The molecule has 1 heterocycles. The van der Waals surface area contributed by atoms with Crippen LogP contribution in [0.5, 0.6) is 5.75 Å². The van der Waals surface area contributed by atoms with Crippen LogP contribution in [-0.4, -0.2) is 11.6 Å². The second-order valence-electron chi connectivity index (χ2n) is 3.73. The van der Waals surface area contributed by atoms with Gasteiger partial charge in [-0.15, -0.1) is 11.6 Å². The Kier molecular flexibility index (Phi) is 4.39. The third-order valence-electron chi connectivity index (χ3n) is 2.49. The third-order valence-corrected chi connectivity index (χ3v) is 2.80. The zero-order valence-electron chi connectivity index (χ0n) is 9.47. The molecule has 0 saturated heterocycles. The molecule has 0 spiro atoms. The second kappa shape index (κ2) is 6.26. The maximum absolute atomic E-state index is 5.72. The van der Waals surface area contributed by atoms with Crippen LogP contribution >= 0.6 is 11.6 Å². The van der Waals surface area contributed by atoms with Crippen molar-refractivity contribution in [3.63, 3.8) is 0 Å². The van der Waals surface area contributed by atoms with Crippen molar-refractivity contribution in [3.8, 4) is 5.75 Å². The van der Waals surface area contributed by atoms with Gasteiger partial charge in [-0.2, -0.15) is 0 Å². The fourth-order valence-corrected chi connectivity index (χ4v) is 1.69. The van der Waals surface area contributed by atoms with E-state index in [1.807, 2.05) is 36.4 Å². The molecule has 2 rings (SSSR count). The lowest BCUT2D eigenvalue weighted by atomic mass is 10.2. The molecule has 0 aliphatic heterocycles. The number of benzene rings is 1. The predicted octanol–water partition coefficient (Wildman–Crippen LogP) is 3.44. The number of alkyl halides is 1. The highest BCUT2D eigenvalue weighted by Gasteiger charge is 1.96. The summed E-state index contributed by atoms with van der Waals surface area (Å²) in [5, 5.41) is 0. The zero-order chi connectivity index (χ0) is 11.9. The van der Waals surface area contributed by atoms with E-state index in [-0.39, 0.29) is 0 Å². The highest BCUT2D eigenvalue weighted by atomic mass is 35.5. The number of rotatable bonds is 5. The molecule has 0 fully saturated rings. The summed E-state index contributed by atoms with van der Waals surface area (Å²) in [6.45, 7) is 0.671. The average Bonchev–Trinajstić information content (AvgIpc) is 2.41. The monoisotopic (exact) mass is 247 g/mol. The topological polar surface area (TPSA) is 22.1 Å². The van der Waals surface area contributed by atoms with Crippen molar-refractivity contribution in [2.24, 2.45) is 0 Å². The molecule has 0 radical (unpaired) electrons. The van der Waals surface area contributed by atoms with Crippen LogP contribution in [0.3, 0.4) is 0 Å². The van der Waals surface area contributed by atoms with Crippen LogP contribution in [0.1, 0.15) is 11.1 Å². The van der Waals surface area contributed by atoms with E-state index in [0.717, 1.165) is 17.7 Å². The van der Waals surface area contributed by atoms with Gasteiger partial charge in [0.25, 0.3) is 0 Å². The minimum atomic E-state index is 0.539. The van der Waals surface area contributed by atoms with E-state index in [0.29, 0.717) is 12.5 Å². The quantitative estimate of drug-likeness (QED) is 0.755. The van der Waals surface area contributed by atoms with Gasteiger partial charge in [-0.3, -0.25) is 4.98 Å². The lowest BCUT2D eigenvalue weighted by Crippen LogP contribution is -2.01. The first-order valence-electron chi connectivity index (χ1n) is 5.55. The fourth-order valence-electron chi connectivity index (χ4n) is 1.51. The van der Waals surface area contributed by atoms with Crippen molar-refractivity contribution in [3.05, 3.63) is 59.9 Å². The third kappa shape index (κ3) is 3.75. The van der Waals surface area contributed by atoms with Crippen LogP contribution in [0.4, 0.5) is 0 Å². The summed E-state index contributed by atoms with van der Waals surface area (Å²) < 4.78 is 5.65. The molecule has 2 aromatic rings. The molecule has 0 N–H and O–H groups in total. The normalized spacial score (nSPS) is 10.2. The van der Waals surface area contributed by atoms with Crippen LogP contribution < -0.4 is 4.74 Å². The summed E-state index contributed by atoms with van der Waals surface area (Å²) in [6.07, 6.45) is 4.48. The first kappa shape index (κ1) is 11.9. The van der Waals surface area contributed by atoms with Crippen molar-refractivity contribution >= 4 is 11.6 Å². The Hall–Kier alpha value is -1.54. The van der Waals surface area contributed by atoms with Crippen LogP contribution in [0.25, 0.3) is 0 Å². The molecule has 0 aliphatic carbocycles. The Morgan fingerprint density at radius 1 is 0.941 bits per heavy atom. The minimum Gasteiger partial charge on any atom is -0.493 e. The molecule has 17 heavy (non-hydrogen) atoms. The lowest BCUT2D eigenvalue weighted by molar-refractivity contribution is 0.322. The number of hydrogen-bond donors (Lipinski definition) is 0. The SMILES string of the molecule is ClCc1ccc(OCCc2ccncc2)cc1. The number of nitrogens with zero attached hydrogens (tertiary/aromatic N) is 1. The largest absolute Gasteiger partial charge is 0.493 e. The molecule has 0 amide bonds. The van der Waals surface area contributed by atoms with Crippen LogP contribution in [0.2, 0.25) is 0 Å². The molecular weight excluding hydrogens is 234 g/mol. The summed E-state index contributed by atoms with van der Waals surface area (Å²) in [5.41, 5.74) is 2.34. The molecule has 1 aromatic carbocycles. The molecule has 0 atom stereocenters. The molecule has 0 bridgehead atoms. The first-order chi connectivity index (χ1) is 8.38. The summed E-state index contributed by atoms with van der Waals surface area (Å²) in [7, 11) is 0. The Morgan fingerprint density at radius 3 is 2.29 bits per heavy atom. The highest BCUT2D eigenvalue weighted by Crippen LogP contribution is 2.13. The molecule has 88 valence electrons. The van der Waals surface area contributed by atoms with Gasteiger partial charge in [-0.25, -0.2) is 0 Å². The van der Waals surface area contributed by atoms with Crippen LogP contribution in [0, 0.1) is 0 Å². The first-order valence-corrected chi connectivity index (χ1v) is 6.08. The molecular formula is C14H14ClNO. The van der Waals surface area contributed by atoms with Gasteiger partial charge in [0.05, 0.1) is 6.61 Å². The van der Waals surface area contributed by atoms with Crippen LogP contribution in [-0.2, 0) is 12.3 Å². The van der Waals surface area contributed by atoms with E-state index in [2.05, 4.69) is 4.98 Å². The summed E-state index contributed by atoms with van der Waals surface area (Å²) in [5.74, 6) is 1.42. The van der Waals surface area contributed by atoms with Gasteiger partial charge in [0, 0.05) is 24.7 Å². The predicted molar refractivity (Wildman–Crippen MR) is 69.4 cm³/mol. The smallest absolute Gasteiger partial charge is 0.119 e. The Labute approximate surface area is 106 Å². The van der Waals surface area contributed by atoms with Crippen molar-refractivity contribution in [1.82, 2.24) is 4.98 Å². The van der Waals surface area contributed by atoms with E-state index in [9.17, 15) is 0 Å². The maximum atomic E-state index is 5.72.